The molecule has 116 valence electrons. The lowest BCUT2D eigenvalue weighted by Crippen LogP contribution is -2.38. The first-order chi connectivity index (χ1) is 9.97. The van der Waals surface area contributed by atoms with Crippen LogP contribution in [-0.2, 0) is 0 Å². The average molecular weight is 290 g/mol. The molecule has 0 aromatic heterocycles. The predicted molar refractivity (Wildman–Crippen MR) is 84.7 cm³/mol. The number of carbonyl (C=O) groups excluding carboxylic acids is 1. The van der Waals surface area contributed by atoms with Crippen LogP contribution in [0.1, 0.15) is 28.8 Å². The molecule has 0 saturated carbocycles. The van der Waals surface area contributed by atoms with Crippen LogP contribution in [0.3, 0.4) is 0 Å². The van der Waals surface area contributed by atoms with E-state index in [1.165, 1.54) is 0 Å². The first-order valence-electron chi connectivity index (χ1n) is 7.63. The zero-order chi connectivity index (χ0) is 15.4. The van der Waals surface area contributed by atoms with Crippen molar-refractivity contribution in [1.29, 1.82) is 0 Å². The second kappa shape index (κ2) is 7.16. The molecule has 2 atom stereocenters. The van der Waals surface area contributed by atoms with Crippen LogP contribution in [0, 0.1) is 6.92 Å². The second-order valence-electron chi connectivity index (χ2n) is 6.29. The van der Waals surface area contributed by atoms with Crippen LogP contribution >= 0.6 is 0 Å². The maximum atomic E-state index is 12.3. The molecular weight excluding hydrogens is 264 g/mol. The molecule has 2 rings (SSSR count). The molecule has 1 saturated heterocycles. The Hall–Kier alpha value is -1.23. The summed E-state index contributed by atoms with van der Waals surface area (Å²) < 4.78 is 0. The van der Waals surface area contributed by atoms with E-state index in [-0.39, 0.29) is 11.9 Å². The minimum atomic E-state index is -0.261. The summed E-state index contributed by atoms with van der Waals surface area (Å²) in [6.07, 6.45) is 1.06. The zero-order valence-corrected chi connectivity index (χ0v) is 13.2. The second-order valence-corrected chi connectivity index (χ2v) is 6.29. The Morgan fingerprint density at radius 1 is 1.38 bits per heavy atom. The number of likely N-dealkylation sites (tertiary alicyclic amines) is 1. The number of hydrogen-bond donors (Lipinski definition) is 1. The Labute approximate surface area is 127 Å². The van der Waals surface area contributed by atoms with Crippen LogP contribution in [0.25, 0.3) is 0 Å². The lowest BCUT2D eigenvalue weighted by atomic mass is 10.0. The molecule has 0 aliphatic carbocycles. The summed E-state index contributed by atoms with van der Waals surface area (Å²) in [5, 5.41) is 9.86. The number of aryl methyl sites for hydroxylation is 1. The number of aliphatic hydroxyl groups excluding tert-OH is 1. The van der Waals surface area contributed by atoms with Gasteiger partial charge in [-0.05, 0) is 33.0 Å². The van der Waals surface area contributed by atoms with Gasteiger partial charge in [-0.1, -0.05) is 24.3 Å². The van der Waals surface area contributed by atoms with E-state index in [1.807, 2.05) is 45.3 Å². The summed E-state index contributed by atoms with van der Waals surface area (Å²) >= 11 is 0. The van der Waals surface area contributed by atoms with Gasteiger partial charge in [-0.3, -0.25) is 9.69 Å². The molecule has 0 spiro atoms. The molecule has 2 unspecified atom stereocenters. The van der Waals surface area contributed by atoms with Crippen LogP contribution < -0.4 is 0 Å². The van der Waals surface area contributed by atoms with E-state index >= 15 is 0 Å². The number of carbonyl (C=O) groups is 1. The average Bonchev–Trinajstić information content (AvgIpc) is 2.75. The summed E-state index contributed by atoms with van der Waals surface area (Å²) in [6.45, 7) is 4.31. The maximum absolute atomic E-state index is 12.3. The van der Waals surface area contributed by atoms with E-state index in [0.29, 0.717) is 19.0 Å². The fraction of sp³-hybridized carbons (Fsp3) is 0.588. The molecule has 1 aromatic carbocycles. The number of aliphatic hydroxyl groups is 1. The summed E-state index contributed by atoms with van der Waals surface area (Å²) in [7, 11) is 4.09. The Kier molecular flexibility index (Phi) is 5.51. The number of ketones is 1. The van der Waals surface area contributed by atoms with Gasteiger partial charge in [0.05, 0.1) is 6.10 Å². The molecular formula is C17H26N2O2. The number of benzene rings is 1. The monoisotopic (exact) mass is 290 g/mol. The predicted octanol–water partition coefficient (Wildman–Crippen LogP) is 1.56. The molecule has 1 aliphatic heterocycles. The van der Waals surface area contributed by atoms with Crippen molar-refractivity contribution in [2.75, 3.05) is 33.7 Å². The van der Waals surface area contributed by atoms with Gasteiger partial charge < -0.3 is 10.0 Å². The quantitative estimate of drug-likeness (QED) is 0.808. The number of hydrogen-bond acceptors (Lipinski definition) is 4. The molecule has 4 nitrogen and oxygen atoms in total. The van der Waals surface area contributed by atoms with Crippen LogP contribution in [0.4, 0.5) is 0 Å². The number of β-amino-alcohol motifs (C(OH)–C–C–N with tert-alkyl or cyclic N) is 1. The molecule has 0 radical (unpaired) electrons. The van der Waals surface area contributed by atoms with Gasteiger partial charge in [0.2, 0.25) is 0 Å². The normalized spacial score (nSPS) is 22.9. The Morgan fingerprint density at radius 2 is 2.10 bits per heavy atom. The molecule has 0 amide bonds. The Morgan fingerprint density at radius 3 is 2.76 bits per heavy atom. The van der Waals surface area contributed by atoms with Crippen molar-refractivity contribution < 1.29 is 9.90 Å². The van der Waals surface area contributed by atoms with Crippen molar-refractivity contribution in [2.24, 2.45) is 0 Å². The highest BCUT2D eigenvalue weighted by atomic mass is 16.3. The molecule has 1 aromatic rings. The third-order valence-corrected chi connectivity index (χ3v) is 4.15. The van der Waals surface area contributed by atoms with Gasteiger partial charge in [0.1, 0.15) is 0 Å². The van der Waals surface area contributed by atoms with Crippen molar-refractivity contribution in [3.8, 4) is 0 Å². The van der Waals surface area contributed by atoms with Crippen molar-refractivity contribution in [2.45, 2.75) is 31.9 Å². The van der Waals surface area contributed by atoms with Crippen molar-refractivity contribution in [3.63, 3.8) is 0 Å². The minimum Gasteiger partial charge on any atom is -0.392 e. The van der Waals surface area contributed by atoms with E-state index in [4.69, 9.17) is 0 Å². The van der Waals surface area contributed by atoms with E-state index < -0.39 is 0 Å². The van der Waals surface area contributed by atoms with Gasteiger partial charge in [0, 0.05) is 37.7 Å². The van der Waals surface area contributed by atoms with Crippen LogP contribution in [0.2, 0.25) is 0 Å². The summed E-state index contributed by atoms with van der Waals surface area (Å²) in [5.41, 5.74) is 1.86. The highest BCUT2D eigenvalue weighted by Gasteiger charge is 2.31. The summed E-state index contributed by atoms with van der Waals surface area (Å²) in [5.74, 6) is 0.193. The van der Waals surface area contributed by atoms with Gasteiger partial charge in [0.25, 0.3) is 0 Å². The van der Waals surface area contributed by atoms with Crippen LogP contribution in [0.5, 0.6) is 0 Å². The van der Waals surface area contributed by atoms with Crippen molar-refractivity contribution in [1.82, 2.24) is 9.80 Å². The van der Waals surface area contributed by atoms with E-state index in [1.54, 1.807) is 0 Å². The fourth-order valence-corrected chi connectivity index (χ4v) is 3.11. The molecule has 1 aliphatic rings. The summed E-state index contributed by atoms with van der Waals surface area (Å²) in [6, 6.07) is 8.08. The lowest BCUT2D eigenvalue weighted by Gasteiger charge is -2.26. The highest BCUT2D eigenvalue weighted by Crippen LogP contribution is 2.19. The standard InChI is InChI=1S/C17H26N2O2/c1-13-6-4-5-7-16(13)17(21)8-9-19-12-15(20)10-14(19)11-18(2)3/h4-7,14-15,20H,8-12H2,1-3H3. The van der Waals surface area contributed by atoms with Crippen molar-refractivity contribution in [3.05, 3.63) is 35.4 Å². The number of nitrogens with zero attached hydrogens (tertiary/aromatic N) is 2. The van der Waals surface area contributed by atoms with E-state index in [9.17, 15) is 9.90 Å². The van der Waals surface area contributed by atoms with Gasteiger partial charge in [-0.15, -0.1) is 0 Å². The zero-order valence-electron chi connectivity index (χ0n) is 13.2. The first-order valence-corrected chi connectivity index (χ1v) is 7.63. The van der Waals surface area contributed by atoms with Crippen molar-refractivity contribution >= 4 is 5.78 Å². The van der Waals surface area contributed by atoms with E-state index in [2.05, 4.69) is 9.80 Å². The smallest absolute Gasteiger partial charge is 0.164 e. The van der Waals surface area contributed by atoms with Gasteiger partial charge in [-0.25, -0.2) is 0 Å². The molecule has 1 N–H and O–H groups in total. The number of rotatable bonds is 6. The van der Waals surface area contributed by atoms with Gasteiger partial charge >= 0.3 is 0 Å². The fourth-order valence-electron chi connectivity index (χ4n) is 3.11. The van der Waals surface area contributed by atoms with Gasteiger partial charge in [-0.2, -0.15) is 0 Å². The molecule has 21 heavy (non-hydrogen) atoms. The lowest BCUT2D eigenvalue weighted by molar-refractivity contribution is 0.0952. The topological polar surface area (TPSA) is 43.8 Å². The van der Waals surface area contributed by atoms with Crippen LogP contribution in [-0.4, -0.2) is 66.6 Å². The molecule has 1 fully saturated rings. The largest absolute Gasteiger partial charge is 0.392 e. The number of likely N-dealkylation sites (N-methyl/N-ethyl adjacent to an activating group) is 1. The van der Waals surface area contributed by atoms with E-state index in [0.717, 1.165) is 30.6 Å². The third kappa shape index (κ3) is 4.37. The Bertz CT molecular complexity index is 487. The number of Topliss-reactive ketones (excluding diaryl/α,β-unsaturated/α-hetero) is 1. The maximum Gasteiger partial charge on any atom is 0.164 e. The SMILES string of the molecule is Cc1ccccc1C(=O)CCN1CC(O)CC1CN(C)C. The van der Waals surface area contributed by atoms with Crippen LogP contribution in [0.15, 0.2) is 24.3 Å². The minimum absolute atomic E-state index is 0.193. The first kappa shape index (κ1) is 16.1. The third-order valence-electron chi connectivity index (χ3n) is 4.15. The molecule has 0 bridgehead atoms. The summed E-state index contributed by atoms with van der Waals surface area (Å²) in [4.78, 5) is 16.7. The Balaban J connectivity index is 1.92. The molecule has 4 heteroatoms. The van der Waals surface area contributed by atoms with Gasteiger partial charge in [0.15, 0.2) is 5.78 Å². The molecule has 1 heterocycles. The highest BCUT2D eigenvalue weighted by molar-refractivity contribution is 5.97.